The second kappa shape index (κ2) is 7.62. The molecule has 3 nitrogen and oxygen atoms in total. The first-order chi connectivity index (χ1) is 14.0. The van der Waals surface area contributed by atoms with Crippen molar-refractivity contribution in [3.8, 4) is 0 Å². The predicted octanol–water partition coefficient (Wildman–Crippen LogP) is 5.65. The Kier molecular flexibility index (Phi) is 5.49. The van der Waals surface area contributed by atoms with E-state index in [1.54, 1.807) is 0 Å². The highest BCUT2D eigenvalue weighted by Crippen LogP contribution is 2.39. The third-order valence-electron chi connectivity index (χ3n) is 4.54. The van der Waals surface area contributed by atoms with E-state index in [1.807, 2.05) is 0 Å². The highest BCUT2D eigenvalue weighted by atomic mass is 19.4. The molecule has 3 rings (SSSR count). The van der Waals surface area contributed by atoms with Crippen LogP contribution in [0.2, 0.25) is 0 Å². The Morgan fingerprint density at radius 3 is 2.17 bits per heavy atom. The third-order valence-corrected chi connectivity index (χ3v) is 4.54. The first kappa shape index (κ1) is 21.6. The van der Waals surface area contributed by atoms with Crippen LogP contribution in [0.4, 0.5) is 26.3 Å². The molecular formula is C21H15F6NO2. The summed E-state index contributed by atoms with van der Waals surface area (Å²) in [6.07, 6.45) is -6.92. The summed E-state index contributed by atoms with van der Waals surface area (Å²) in [5.41, 5.74) is -3.64. The maximum Gasteiger partial charge on any atom is 0.416 e. The number of hydrogen-bond donors (Lipinski definition) is 0. The van der Waals surface area contributed by atoms with Gasteiger partial charge < -0.3 is 4.74 Å². The molecule has 1 atom stereocenters. The van der Waals surface area contributed by atoms with Crippen LogP contribution in [0.5, 0.6) is 0 Å². The highest BCUT2D eigenvalue weighted by molar-refractivity contribution is 6.09. The van der Waals surface area contributed by atoms with Crippen molar-refractivity contribution in [1.82, 2.24) is 0 Å². The average molecular weight is 427 g/mol. The molecule has 1 aliphatic rings. The number of aliphatic imine (C=N–C) groups is 1. The van der Waals surface area contributed by atoms with Crippen molar-refractivity contribution >= 4 is 17.9 Å². The van der Waals surface area contributed by atoms with E-state index in [0.717, 1.165) is 36.5 Å². The molecule has 1 heterocycles. The zero-order chi connectivity index (χ0) is 22.2. The Morgan fingerprint density at radius 1 is 0.967 bits per heavy atom. The summed E-state index contributed by atoms with van der Waals surface area (Å²) in [4.78, 5) is 16.8. The van der Waals surface area contributed by atoms with E-state index in [1.165, 1.54) is 31.2 Å². The van der Waals surface area contributed by atoms with Gasteiger partial charge >= 0.3 is 18.3 Å². The Labute approximate surface area is 167 Å². The minimum atomic E-state index is -4.64. The molecule has 0 aliphatic carbocycles. The molecule has 1 unspecified atom stereocenters. The van der Waals surface area contributed by atoms with E-state index in [-0.39, 0.29) is 23.4 Å². The van der Waals surface area contributed by atoms with E-state index >= 15 is 0 Å². The number of benzene rings is 2. The molecule has 0 bridgehead atoms. The van der Waals surface area contributed by atoms with Gasteiger partial charge in [-0.1, -0.05) is 30.3 Å². The summed E-state index contributed by atoms with van der Waals surface area (Å²) in [6, 6.07) is 8.40. The standard InChI is InChI=1S/C21H15F6NO2/c1-2-30-18(29)19(14-6-4-8-16(10-14)21(25,26)27)11-17(28-12-19)13-5-3-7-15(9-13)20(22,23)24/h3-12H,2H2,1H3. The van der Waals surface area contributed by atoms with Gasteiger partial charge in [-0.2, -0.15) is 26.3 Å². The fourth-order valence-corrected chi connectivity index (χ4v) is 3.06. The number of carbonyl (C=O) groups excluding carboxylic acids is 1. The molecule has 2 aromatic rings. The van der Waals surface area contributed by atoms with Crippen LogP contribution in [0.3, 0.4) is 0 Å². The lowest BCUT2D eigenvalue weighted by molar-refractivity contribution is -0.146. The summed E-state index contributed by atoms with van der Waals surface area (Å²) in [5, 5.41) is 0. The molecule has 0 spiro atoms. The van der Waals surface area contributed by atoms with Crippen molar-refractivity contribution in [3.63, 3.8) is 0 Å². The molecule has 0 N–H and O–H groups in total. The van der Waals surface area contributed by atoms with Crippen LogP contribution in [-0.2, 0) is 27.3 Å². The predicted molar refractivity (Wildman–Crippen MR) is 97.7 cm³/mol. The molecule has 0 amide bonds. The third kappa shape index (κ3) is 4.10. The monoisotopic (exact) mass is 427 g/mol. The van der Waals surface area contributed by atoms with Gasteiger partial charge in [0.1, 0.15) is 5.41 Å². The van der Waals surface area contributed by atoms with E-state index in [0.29, 0.717) is 0 Å². The zero-order valence-corrected chi connectivity index (χ0v) is 15.5. The van der Waals surface area contributed by atoms with E-state index in [9.17, 15) is 31.1 Å². The lowest BCUT2D eigenvalue weighted by atomic mass is 9.81. The van der Waals surface area contributed by atoms with Gasteiger partial charge in [-0.15, -0.1) is 0 Å². The van der Waals surface area contributed by atoms with Gasteiger partial charge in [-0.25, -0.2) is 0 Å². The summed E-state index contributed by atoms with van der Waals surface area (Å²) in [7, 11) is 0. The molecule has 30 heavy (non-hydrogen) atoms. The normalized spacial score (nSPS) is 19.0. The second-order valence-corrected chi connectivity index (χ2v) is 6.53. The summed E-state index contributed by atoms with van der Waals surface area (Å²) in [6.45, 7) is 1.49. The van der Waals surface area contributed by atoms with E-state index < -0.39 is 34.9 Å². The molecule has 0 fully saturated rings. The minimum absolute atomic E-state index is 0.0200. The molecular weight excluding hydrogens is 412 g/mol. The fourth-order valence-electron chi connectivity index (χ4n) is 3.06. The summed E-state index contributed by atoms with van der Waals surface area (Å²) >= 11 is 0. The van der Waals surface area contributed by atoms with Gasteiger partial charge in [-0.3, -0.25) is 9.79 Å². The van der Waals surface area contributed by atoms with Crippen molar-refractivity contribution in [2.75, 3.05) is 6.61 Å². The highest BCUT2D eigenvalue weighted by Gasteiger charge is 2.43. The number of nitrogens with zero attached hydrogens (tertiary/aromatic N) is 1. The van der Waals surface area contributed by atoms with Crippen LogP contribution in [0.25, 0.3) is 5.70 Å². The lowest BCUT2D eigenvalue weighted by Gasteiger charge is -2.23. The van der Waals surface area contributed by atoms with Crippen molar-refractivity contribution in [2.24, 2.45) is 4.99 Å². The molecule has 0 radical (unpaired) electrons. The number of ether oxygens (including phenoxy) is 1. The van der Waals surface area contributed by atoms with Gasteiger partial charge in [0.2, 0.25) is 0 Å². The number of carbonyl (C=O) groups is 1. The van der Waals surface area contributed by atoms with Gasteiger partial charge in [-0.05, 0) is 36.8 Å². The van der Waals surface area contributed by atoms with Crippen LogP contribution >= 0.6 is 0 Å². The quantitative estimate of drug-likeness (QED) is 0.467. The first-order valence-electron chi connectivity index (χ1n) is 8.78. The molecule has 1 aliphatic heterocycles. The van der Waals surface area contributed by atoms with Crippen LogP contribution in [0, 0.1) is 0 Å². The number of alkyl halides is 6. The maximum atomic E-state index is 13.2. The molecule has 0 aromatic heterocycles. The molecule has 158 valence electrons. The Morgan fingerprint density at radius 2 is 1.57 bits per heavy atom. The average Bonchev–Trinajstić information content (AvgIpc) is 3.14. The Balaban J connectivity index is 2.13. The molecule has 0 saturated carbocycles. The van der Waals surface area contributed by atoms with Crippen molar-refractivity contribution in [2.45, 2.75) is 24.7 Å². The van der Waals surface area contributed by atoms with E-state index in [2.05, 4.69) is 4.99 Å². The van der Waals surface area contributed by atoms with Crippen LogP contribution < -0.4 is 0 Å². The number of esters is 1. The van der Waals surface area contributed by atoms with Crippen LogP contribution in [-0.4, -0.2) is 18.8 Å². The van der Waals surface area contributed by atoms with Crippen LogP contribution in [0.1, 0.15) is 29.2 Å². The number of hydrogen-bond acceptors (Lipinski definition) is 3. The maximum absolute atomic E-state index is 13.2. The molecule has 0 saturated heterocycles. The summed E-state index contributed by atoms with van der Waals surface area (Å²) in [5.74, 6) is -0.880. The van der Waals surface area contributed by atoms with Gasteiger partial charge in [0, 0.05) is 11.8 Å². The van der Waals surface area contributed by atoms with Gasteiger partial charge in [0.15, 0.2) is 0 Å². The topological polar surface area (TPSA) is 38.7 Å². The van der Waals surface area contributed by atoms with Crippen molar-refractivity contribution in [3.05, 3.63) is 76.9 Å². The Hall–Kier alpha value is -3.10. The molecule has 9 heteroatoms. The van der Waals surface area contributed by atoms with Crippen LogP contribution in [0.15, 0.2) is 59.6 Å². The lowest BCUT2D eigenvalue weighted by Crippen LogP contribution is -2.36. The van der Waals surface area contributed by atoms with Crippen molar-refractivity contribution < 1.29 is 35.9 Å². The largest absolute Gasteiger partial charge is 0.465 e. The summed E-state index contributed by atoms with van der Waals surface area (Å²) < 4.78 is 83.6. The smallest absolute Gasteiger partial charge is 0.416 e. The van der Waals surface area contributed by atoms with Gasteiger partial charge in [0.25, 0.3) is 0 Å². The van der Waals surface area contributed by atoms with Gasteiger partial charge in [0.05, 0.1) is 23.4 Å². The SMILES string of the molecule is CCOC(=O)C1(c2cccc(C(F)(F)F)c2)C=NC(c2cccc(C(F)(F)F)c2)=C1. The number of halogens is 6. The van der Waals surface area contributed by atoms with Crippen molar-refractivity contribution in [1.29, 1.82) is 0 Å². The molecule has 2 aromatic carbocycles. The first-order valence-corrected chi connectivity index (χ1v) is 8.78. The Bertz CT molecular complexity index is 1020. The minimum Gasteiger partial charge on any atom is -0.465 e. The fraction of sp³-hybridized carbons (Fsp3) is 0.238. The second-order valence-electron chi connectivity index (χ2n) is 6.53. The van der Waals surface area contributed by atoms with E-state index in [4.69, 9.17) is 4.74 Å². The number of rotatable bonds is 4. The zero-order valence-electron chi connectivity index (χ0n) is 15.5.